The molecule has 0 bridgehead atoms. The number of ether oxygens (including phenoxy) is 4. The molecular formula is C19H25N3O8S. The van der Waals surface area contributed by atoms with Crippen molar-refractivity contribution in [2.24, 2.45) is 5.92 Å². The van der Waals surface area contributed by atoms with Crippen molar-refractivity contribution in [1.29, 1.82) is 0 Å². The Kier molecular flexibility index (Phi) is 7.03. The van der Waals surface area contributed by atoms with Gasteiger partial charge in [0, 0.05) is 38.5 Å². The summed E-state index contributed by atoms with van der Waals surface area (Å²) in [6, 6.07) is 3.46. The van der Waals surface area contributed by atoms with E-state index in [0.29, 0.717) is 36.3 Å². The van der Waals surface area contributed by atoms with Crippen LogP contribution in [0.3, 0.4) is 0 Å². The quantitative estimate of drug-likeness (QED) is 0.636. The summed E-state index contributed by atoms with van der Waals surface area (Å²) in [6.45, 7) is 0.717. The highest BCUT2D eigenvalue weighted by atomic mass is 32.2. The fourth-order valence-electron chi connectivity index (χ4n) is 3.53. The summed E-state index contributed by atoms with van der Waals surface area (Å²) in [4.78, 5) is 12.9. The van der Waals surface area contributed by atoms with E-state index in [9.17, 15) is 8.42 Å². The van der Waals surface area contributed by atoms with E-state index >= 15 is 0 Å². The van der Waals surface area contributed by atoms with Gasteiger partial charge in [-0.3, -0.25) is 4.79 Å². The number of benzene rings is 1. The Morgan fingerprint density at radius 1 is 1.29 bits per heavy atom. The van der Waals surface area contributed by atoms with E-state index in [1.165, 1.54) is 4.31 Å². The number of aromatic nitrogens is 2. The topological polar surface area (TPSA) is 129 Å². The Bertz CT molecular complexity index is 1020. The second-order valence-electron chi connectivity index (χ2n) is 7.10. The highest BCUT2D eigenvalue weighted by Gasteiger charge is 2.36. The van der Waals surface area contributed by atoms with Crippen molar-refractivity contribution in [3.8, 4) is 28.6 Å². The second kappa shape index (κ2) is 9.54. The molecule has 4 rings (SSSR count). The average molecular weight is 455 g/mol. The lowest BCUT2D eigenvalue weighted by molar-refractivity contribution is -0.122. The van der Waals surface area contributed by atoms with Crippen molar-refractivity contribution >= 4 is 16.5 Å². The molecule has 0 saturated carbocycles. The van der Waals surface area contributed by atoms with E-state index in [-0.39, 0.29) is 31.0 Å². The molecule has 11 nitrogen and oxygen atoms in total. The van der Waals surface area contributed by atoms with Crippen molar-refractivity contribution in [3.63, 3.8) is 0 Å². The van der Waals surface area contributed by atoms with E-state index in [4.69, 9.17) is 28.8 Å². The van der Waals surface area contributed by atoms with E-state index < -0.39 is 10.0 Å². The third-order valence-corrected chi connectivity index (χ3v) is 7.07. The fourth-order valence-corrected chi connectivity index (χ4v) is 4.69. The minimum atomic E-state index is -3.35. The highest BCUT2D eigenvalue weighted by Crippen LogP contribution is 2.43. The van der Waals surface area contributed by atoms with Gasteiger partial charge in [0.25, 0.3) is 6.47 Å². The monoisotopic (exact) mass is 455 g/mol. The minimum absolute atomic E-state index is 0.0144. The van der Waals surface area contributed by atoms with Crippen LogP contribution in [0.25, 0.3) is 11.4 Å². The number of hydrogen-bond donors (Lipinski definition) is 1. The Morgan fingerprint density at radius 2 is 1.97 bits per heavy atom. The van der Waals surface area contributed by atoms with Crippen molar-refractivity contribution in [2.45, 2.75) is 6.04 Å². The summed E-state index contributed by atoms with van der Waals surface area (Å²) >= 11 is 0. The predicted octanol–water partition coefficient (Wildman–Crippen LogP) is 1.07. The molecule has 3 heterocycles. The van der Waals surface area contributed by atoms with Crippen molar-refractivity contribution in [2.75, 3.05) is 47.0 Å². The molecule has 0 radical (unpaired) electrons. The molecule has 1 fully saturated rings. The number of carboxylic acid groups (broad SMARTS) is 1. The SMILES string of the molecule is COc1cc2c(cc1-c1nccn1[C@@H]1COC[C@@H]1CS(=O)(=O)N(C)C)OCO2.O=CO. The summed E-state index contributed by atoms with van der Waals surface area (Å²) < 4.78 is 50.0. The number of imidazole rings is 1. The second-order valence-corrected chi connectivity index (χ2v) is 9.32. The Labute approximate surface area is 180 Å². The summed E-state index contributed by atoms with van der Waals surface area (Å²) in [5, 5.41) is 6.89. The molecule has 2 aromatic rings. The zero-order valence-corrected chi connectivity index (χ0v) is 18.2. The predicted molar refractivity (Wildman–Crippen MR) is 110 cm³/mol. The Morgan fingerprint density at radius 3 is 2.61 bits per heavy atom. The molecule has 1 aromatic carbocycles. The van der Waals surface area contributed by atoms with Crippen LogP contribution in [0.15, 0.2) is 24.5 Å². The van der Waals surface area contributed by atoms with Gasteiger partial charge in [0.15, 0.2) is 11.5 Å². The van der Waals surface area contributed by atoms with Crippen LogP contribution < -0.4 is 14.2 Å². The largest absolute Gasteiger partial charge is 0.496 e. The number of nitrogens with zero attached hydrogens (tertiary/aromatic N) is 3. The molecule has 31 heavy (non-hydrogen) atoms. The Hall–Kier alpha value is -2.83. The van der Waals surface area contributed by atoms with Crippen LogP contribution in [0, 0.1) is 5.92 Å². The van der Waals surface area contributed by atoms with Crippen LogP contribution in [0.4, 0.5) is 0 Å². The van der Waals surface area contributed by atoms with Crippen LogP contribution in [0.5, 0.6) is 17.2 Å². The molecule has 2 aliphatic heterocycles. The number of rotatable bonds is 6. The fraction of sp³-hybridized carbons (Fsp3) is 0.474. The van der Waals surface area contributed by atoms with Gasteiger partial charge in [-0.25, -0.2) is 17.7 Å². The zero-order valence-electron chi connectivity index (χ0n) is 17.4. The number of fused-ring (bicyclic) bond motifs is 1. The third-order valence-electron chi connectivity index (χ3n) is 5.11. The lowest BCUT2D eigenvalue weighted by Gasteiger charge is -2.23. The van der Waals surface area contributed by atoms with Crippen LogP contribution >= 0.6 is 0 Å². The average Bonchev–Trinajstić information content (AvgIpc) is 3.46. The highest BCUT2D eigenvalue weighted by molar-refractivity contribution is 7.89. The van der Waals surface area contributed by atoms with Crippen molar-refractivity contribution in [1.82, 2.24) is 13.9 Å². The van der Waals surface area contributed by atoms with Crippen LogP contribution in [-0.2, 0) is 19.6 Å². The molecule has 170 valence electrons. The van der Waals surface area contributed by atoms with E-state index in [2.05, 4.69) is 4.98 Å². The standard InChI is InChI=1S/C18H23N3O6S.CH2O2/c1-20(2)28(22,23)10-12-8-25-9-14(12)21-5-4-19-18(21)13-6-16-17(27-11-26-16)7-15(13)24-3;2-1-3/h4-7,12,14H,8-11H2,1-3H3;1H,(H,2,3)/t12-,14-;/m1./s1. The van der Waals surface area contributed by atoms with E-state index in [1.54, 1.807) is 33.5 Å². The van der Waals surface area contributed by atoms with Gasteiger partial charge >= 0.3 is 0 Å². The van der Waals surface area contributed by atoms with Crippen molar-refractivity contribution < 1.29 is 37.3 Å². The third kappa shape index (κ3) is 4.75. The molecule has 1 aromatic heterocycles. The summed E-state index contributed by atoms with van der Waals surface area (Å²) in [5.74, 6) is 2.35. The Balaban J connectivity index is 0.000000858. The molecule has 1 saturated heterocycles. The molecule has 0 amide bonds. The van der Waals surface area contributed by atoms with Crippen molar-refractivity contribution in [3.05, 3.63) is 24.5 Å². The smallest absolute Gasteiger partial charge is 0.290 e. The maximum Gasteiger partial charge on any atom is 0.290 e. The molecule has 0 unspecified atom stereocenters. The number of methoxy groups -OCH3 is 1. The van der Waals surface area contributed by atoms with Crippen LogP contribution in [0.1, 0.15) is 6.04 Å². The van der Waals surface area contributed by atoms with Gasteiger partial charge in [0.2, 0.25) is 16.8 Å². The zero-order chi connectivity index (χ0) is 22.6. The van der Waals surface area contributed by atoms with E-state index in [0.717, 1.165) is 5.56 Å². The lowest BCUT2D eigenvalue weighted by Crippen LogP contribution is -2.32. The molecule has 1 N–H and O–H groups in total. The summed E-state index contributed by atoms with van der Waals surface area (Å²) in [5.41, 5.74) is 0.748. The molecule has 2 atom stereocenters. The summed E-state index contributed by atoms with van der Waals surface area (Å²) in [6.07, 6.45) is 3.53. The first-order chi connectivity index (χ1) is 14.8. The first-order valence-electron chi connectivity index (χ1n) is 9.39. The van der Waals surface area contributed by atoms with Gasteiger partial charge in [-0.15, -0.1) is 0 Å². The first kappa shape index (κ1) is 22.8. The molecule has 0 spiro atoms. The number of carbonyl (C=O) groups is 1. The number of sulfonamides is 1. The molecule has 0 aliphatic carbocycles. The first-order valence-corrected chi connectivity index (χ1v) is 11.0. The lowest BCUT2D eigenvalue weighted by atomic mass is 10.1. The van der Waals surface area contributed by atoms with Gasteiger partial charge in [-0.05, 0) is 6.07 Å². The van der Waals surface area contributed by atoms with Gasteiger partial charge in [-0.1, -0.05) is 0 Å². The van der Waals surface area contributed by atoms with Gasteiger partial charge in [0.1, 0.15) is 11.6 Å². The molecule has 12 heteroatoms. The minimum Gasteiger partial charge on any atom is -0.496 e. The summed E-state index contributed by atoms with van der Waals surface area (Å²) in [7, 11) is 1.32. The van der Waals surface area contributed by atoms with Gasteiger partial charge < -0.3 is 28.6 Å². The van der Waals surface area contributed by atoms with Gasteiger partial charge in [0.05, 0.1) is 37.7 Å². The maximum atomic E-state index is 12.4. The molecule has 2 aliphatic rings. The van der Waals surface area contributed by atoms with Crippen LogP contribution in [0.2, 0.25) is 0 Å². The molecular weight excluding hydrogens is 430 g/mol. The maximum absolute atomic E-state index is 12.4. The normalized spacial score (nSPS) is 19.7. The number of hydrogen-bond acceptors (Lipinski definition) is 8. The van der Waals surface area contributed by atoms with Crippen LogP contribution in [-0.4, -0.2) is 80.8 Å². The van der Waals surface area contributed by atoms with Gasteiger partial charge in [-0.2, -0.15) is 0 Å². The van der Waals surface area contributed by atoms with E-state index in [1.807, 2.05) is 16.8 Å².